The average molecular weight is 523 g/mol. The van der Waals surface area contributed by atoms with E-state index in [9.17, 15) is 4.79 Å². The van der Waals surface area contributed by atoms with Crippen LogP contribution in [0.3, 0.4) is 0 Å². The van der Waals surface area contributed by atoms with Crippen molar-refractivity contribution in [3.63, 3.8) is 0 Å². The molecule has 8 heteroatoms. The Hall–Kier alpha value is -4.30. The molecule has 0 radical (unpaired) electrons. The number of benzene rings is 3. The van der Waals surface area contributed by atoms with Crippen molar-refractivity contribution in [3.05, 3.63) is 117 Å². The molecule has 1 N–H and O–H groups in total. The molecule has 5 rings (SSSR count). The number of nitrogens with zero attached hydrogens (tertiary/aromatic N) is 5. The van der Waals surface area contributed by atoms with Gasteiger partial charge in [-0.1, -0.05) is 61.0 Å². The number of nitrogens with one attached hydrogen (secondary N) is 1. The van der Waals surface area contributed by atoms with Gasteiger partial charge in [-0.05, 0) is 77.0 Å². The lowest BCUT2D eigenvalue weighted by molar-refractivity contribution is 0.161. The van der Waals surface area contributed by atoms with Crippen LogP contribution in [0.4, 0.5) is 0 Å². The second-order valence-corrected chi connectivity index (χ2v) is 10.0. The van der Waals surface area contributed by atoms with Gasteiger partial charge in [0.05, 0.1) is 25.2 Å². The van der Waals surface area contributed by atoms with Crippen LogP contribution in [-0.2, 0) is 19.6 Å². The average Bonchev–Trinajstić information content (AvgIpc) is 3.38. The van der Waals surface area contributed by atoms with Crippen molar-refractivity contribution in [1.29, 1.82) is 0 Å². The van der Waals surface area contributed by atoms with E-state index in [1.54, 1.807) is 7.11 Å². The van der Waals surface area contributed by atoms with Gasteiger partial charge in [0.25, 0.3) is 5.56 Å². The maximum Gasteiger partial charge on any atom is 0.252 e. The third-order valence-electron chi connectivity index (χ3n) is 7.15. The molecule has 8 nitrogen and oxygen atoms in total. The summed E-state index contributed by atoms with van der Waals surface area (Å²) in [4.78, 5) is 18.7. The fourth-order valence-electron chi connectivity index (χ4n) is 5.23. The lowest BCUT2D eigenvalue weighted by atomic mass is 10.0. The summed E-state index contributed by atoms with van der Waals surface area (Å²) in [6.45, 7) is 7.89. The molecule has 0 amide bonds. The molecule has 0 fully saturated rings. The van der Waals surface area contributed by atoms with E-state index < -0.39 is 0 Å². The lowest BCUT2D eigenvalue weighted by Gasteiger charge is -2.30. The van der Waals surface area contributed by atoms with Crippen LogP contribution in [0.2, 0.25) is 0 Å². The number of pyridine rings is 1. The zero-order valence-corrected chi connectivity index (χ0v) is 22.9. The minimum atomic E-state index is -0.104. The van der Waals surface area contributed by atoms with Gasteiger partial charge in [-0.25, -0.2) is 4.68 Å². The Labute approximate surface area is 228 Å². The standard InChI is InChI=1S/C31H34N6O2/c1-5-28(30-33-34-35-37(30)19-24-11-13-27(39-4)14-12-24)36(18-23-9-7-6-8-10-23)20-26-17-25-16-21(2)15-22(3)29(25)32-31(26)38/h6-17,28H,5,18-20H2,1-4H3,(H,32,38). The molecule has 1 unspecified atom stereocenters. The van der Waals surface area contributed by atoms with Gasteiger partial charge in [0.1, 0.15) is 5.75 Å². The third kappa shape index (κ3) is 5.91. The number of fused-ring (bicyclic) bond motifs is 1. The SMILES string of the molecule is CCC(c1nnnn1Cc1ccc(OC)cc1)N(Cc1ccccc1)Cc1cc2cc(C)cc(C)c2[nH]c1=O. The topological polar surface area (TPSA) is 88.9 Å². The predicted molar refractivity (Wildman–Crippen MR) is 153 cm³/mol. The number of ether oxygens (including phenoxy) is 1. The highest BCUT2D eigenvalue weighted by atomic mass is 16.5. The summed E-state index contributed by atoms with van der Waals surface area (Å²) in [7, 11) is 1.66. The molecule has 0 saturated heterocycles. The summed E-state index contributed by atoms with van der Waals surface area (Å²) >= 11 is 0. The van der Waals surface area contributed by atoms with Crippen molar-refractivity contribution in [2.24, 2.45) is 0 Å². The zero-order valence-electron chi connectivity index (χ0n) is 22.9. The van der Waals surface area contributed by atoms with Crippen LogP contribution in [0.15, 0.2) is 77.6 Å². The Morgan fingerprint density at radius 1 is 0.974 bits per heavy atom. The van der Waals surface area contributed by atoms with E-state index in [-0.39, 0.29) is 11.6 Å². The third-order valence-corrected chi connectivity index (χ3v) is 7.15. The molecule has 2 aromatic heterocycles. The molecular weight excluding hydrogens is 488 g/mol. The van der Waals surface area contributed by atoms with E-state index in [1.807, 2.05) is 60.1 Å². The molecule has 39 heavy (non-hydrogen) atoms. The normalized spacial score (nSPS) is 12.2. The van der Waals surface area contributed by atoms with E-state index in [1.165, 1.54) is 5.56 Å². The van der Waals surface area contributed by atoms with E-state index in [0.717, 1.165) is 51.2 Å². The van der Waals surface area contributed by atoms with Crippen LogP contribution in [0.25, 0.3) is 10.9 Å². The lowest BCUT2D eigenvalue weighted by Crippen LogP contribution is -2.32. The fraction of sp³-hybridized carbons (Fsp3) is 0.290. The van der Waals surface area contributed by atoms with Gasteiger partial charge in [0, 0.05) is 18.7 Å². The fourth-order valence-corrected chi connectivity index (χ4v) is 5.23. The number of hydrogen-bond acceptors (Lipinski definition) is 6. The number of rotatable bonds is 10. The predicted octanol–water partition coefficient (Wildman–Crippen LogP) is 5.34. The summed E-state index contributed by atoms with van der Waals surface area (Å²) in [5.41, 5.74) is 6.01. The van der Waals surface area contributed by atoms with Crippen LogP contribution >= 0.6 is 0 Å². The molecular formula is C31H34N6O2. The molecule has 0 aliphatic heterocycles. The molecule has 0 aliphatic carbocycles. The van der Waals surface area contributed by atoms with E-state index >= 15 is 0 Å². The van der Waals surface area contributed by atoms with Crippen molar-refractivity contribution in [1.82, 2.24) is 30.1 Å². The first kappa shape index (κ1) is 26.3. The van der Waals surface area contributed by atoms with Gasteiger partial charge in [-0.3, -0.25) is 9.69 Å². The molecule has 200 valence electrons. The molecule has 5 aromatic rings. The molecule has 0 saturated carbocycles. The quantitative estimate of drug-likeness (QED) is 0.266. The van der Waals surface area contributed by atoms with Crippen LogP contribution < -0.4 is 10.3 Å². The highest BCUT2D eigenvalue weighted by Gasteiger charge is 2.26. The second-order valence-electron chi connectivity index (χ2n) is 10.0. The number of methoxy groups -OCH3 is 1. The van der Waals surface area contributed by atoms with Gasteiger partial charge in [-0.15, -0.1) is 5.10 Å². The van der Waals surface area contributed by atoms with Gasteiger partial charge in [-0.2, -0.15) is 0 Å². The van der Waals surface area contributed by atoms with E-state index in [0.29, 0.717) is 19.6 Å². The number of aromatic amines is 1. The van der Waals surface area contributed by atoms with Crippen molar-refractivity contribution >= 4 is 10.9 Å². The van der Waals surface area contributed by atoms with Gasteiger partial charge < -0.3 is 9.72 Å². The largest absolute Gasteiger partial charge is 0.497 e. The molecule has 0 spiro atoms. The van der Waals surface area contributed by atoms with Crippen LogP contribution in [0, 0.1) is 13.8 Å². The van der Waals surface area contributed by atoms with Gasteiger partial charge >= 0.3 is 0 Å². The summed E-state index contributed by atoms with van der Waals surface area (Å²) in [6.07, 6.45) is 0.777. The van der Waals surface area contributed by atoms with Crippen molar-refractivity contribution in [3.8, 4) is 5.75 Å². The van der Waals surface area contributed by atoms with E-state index in [2.05, 4.69) is 63.5 Å². The van der Waals surface area contributed by atoms with Crippen molar-refractivity contribution in [2.75, 3.05) is 7.11 Å². The number of hydrogen-bond donors (Lipinski definition) is 1. The second kappa shape index (κ2) is 11.6. The monoisotopic (exact) mass is 522 g/mol. The van der Waals surface area contributed by atoms with Crippen LogP contribution in [-0.4, -0.2) is 37.2 Å². The Morgan fingerprint density at radius 3 is 2.46 bits per heavy atom. The summed E-state index contributed by atoms with van der Waals surface area (Å²) in [6, 6.07) is 24.4. The summed E-state index contributed by atoms with van der Waals surface area (Å²) < 4.78 is 7.15. The Bertz CT molecular complexity index is 1610. The molecule has 1 atom stereocenters. The van der Waals surface area contributed by atoms with Crippen LogP contribution in [0.1, 0.15) is 53.0 Å². The molecule has 2 heterocycles. The first-order valence-corrected chi connectivity index (χ1v) is 13.2. The van der Waals surface area contributed by atoms with Crippen LogP contribution in [0.5, 0.6) is 5.75 Å². The molecule has 3 aromatic carbocycles. The maximum absolute atomic E-state index is 13.3. The van der Waals surface area contributed by atoms with E-state index in [4.69, 9.17) is 4.74 Å². The number of aryl methyl sites for hydroxylation is 2. The summed E-state index contributed by atoms with van der Waals surface area (Å²) in [5, 5.41) is 13.9. The molecule has 0 aliphatic rings. The number of aromatic nitrogens is 5. The number of tetrazole rings is 1. The minimum Gasteiger partial charge on any atom is -0.497 e. The first-order valence-electron chi connectivity index (χ1n) is 13.2. The Kier molecular flexibility index (Phi) is 7.84. The maximum atomic E-state index is 13.3. The zero-order chi connectivity index (χ0) is 27.4. The van der Waals surface area contributed by atoms with Gasteiger partial charge in [0.2, 0.25) is 0 Å². The summed E-state index contributed by atoms with van der Waals surface area (Å²) in [5.74, 6) is 1.58. The highest BCUT2D eigenvalue weighted by Crippen LogP contribution is 2.27. The van der Waals surface area contributed by atoms with Gasteiger partial charge in [0.15, 0.2) is 5.82 Å². The van der Waals surface area contributed by atoms with Crippen molar-refractivity contribution in [2.45, 2.75) is 52.9 Å². The van der Waals surface area contributed by atoms with Crippen molar-refractivity contribution < 1.29 is 4.74 Å². The minimum absolute atomic E-state index is 0.0693. The number of H-pyrrole nitrogens is 1. The first-order chi connectivity index (χ1) is 18.9. The smallest absolute Gasteiger partial charge is 0.252 e. The Balaban J connectivity index is 1.51. The Morgan fingerprint density at radius 2 is 1.74 bits per heavy atom. The molecule has 0 bridgehead atoms. The highest BCUT2D eigenvalue weighted by molar-refractivity contribution is 5.82.